The first-order valence-electron chi connectivity index (χ1n) is 12.5. The van der Waals surface area contributed by atoms with E-state index in [0.29, 0.717) is 12.2 Å². The van der Waals surface area contributed by atoms with Gasteiger partial charge in [0.1, 0.15) is 5.82 Å². The molecule has 0 bridgehead atoms. The van der Waals surface area contributed by atoms with Crippen molar-refractivity contribution in [2.45, 2.75) is 50.1 Å². The lowest BCUT2D eigenvalue weighted by Gasteiger charge is -2.22. The van der Waals surface area contributed by atoms with E-state index in [4.69, 9.17) is 14.9 Å². The van der Waals surface area contributed by atoms with Gasteiger partial charge < -0.3 is 9.67 Å². The van der Waals surface area contributed by atoms with Crippen molar-refractivity contribution in [3.05, 3.63) is 84.4 Å². The Bertz CT molecular complexity index is 1510. The Kier molecular flexibility index (Phi) is 8.59. The fourth-order valence-electron chi connectivity index (χ4n) is 4.53. The number of carbonyl (C=O) groups is 1. The summed E-state index contributed by atoms with van der Waals surface area (Å²) in [6, 6.07) is 26.0. The average Bonchev–Trinajstić information content (AvgIpc) is 3.28. The molecule has 5 rings (SSSR count). The Morgan fingerprint density at radius 1 is 0.923 bits per heavy atom. The monoisotopic (exact) mass is 559 g/mol. The van der Waals surface area contributed by atoms with Crippen molar-refractivity contribution >= 4 is 32.7 Å². The fourth-order valence-corrected chi connectivity index (χ4v) is 6.12. The lowest BCUT2D eigenvalue weighted by molar-refractivity contribution is -0.192. The van der Waals surface area contributed by atoms with Crippen molar-refractivity contribution in [3.63, 3.8) is 0 Å². The standard InChI is InChI=1S/C26H27N3O2S.C2HF3O2/c30-32(31,23-11-5-2-6-12-23)28-22-17-15-21(16-18-22)26-27-24-13-7-8-14-25(24)29(26)19-20-9-3-1-4-10-20;3-2(4,5)1(6)7/h1,3-4,7-10,13-18,23,28H,2,5-6,11-12,19H2;(H,6,7). The van der Waals surface area contributed by atoms with E-state index in [-0.39, 0.29) is 5.25 Å². The fraction of sp³-hybridized carbons (Fsp3) is 0.286. The number of benzene rings is 3. The van der Waals surface area contributed by atoms with Crippen LogP contribution < -0.4 is 4.72 Å². The van der Waals surface area contributed by atoms with Crippen LogP contribution in [0.25, 0.3) is 22.4 Å². The zero-order chi connectivity index (χ0) is 28.0. The maximum Gasteiger partial charge on any atom is 0.490 e. The summed E-state index contributed by atoms with van der Waals surface area (Å²) in [5.41, 5.74) is 4.78. The van der Waals surface area contributed by atoms with Crippen molar-refractivity contribution in [1.82, 2.24) is 9.55 Å². The molecule has 0 spiro atoms. The number of carboxylic acids is 1. The Balaban J connectivity index is 0.000000448. The number of nitrogens with one attached hydrogen (secondary N) is 1. The Morgan fingerprint density at radius 2 is 1.51 bits per heavy atom. The largest absolute Gasteiger partial charge is 0.490 e. The SMILES string of the molecule is O=C(O)C(F)(F)F.O=S(=O)(Nc1ccc(-c2nc3ccccc3n2Cc2ccccc2)cc1)C1CCCCC1. The molecule has 1 fully saturated rings. The van der Waals surface area contributed by atoms with E-state index in [1.807, 2.05) is 60.7 Å². The van der Waals surface area contributed by atoms with Gasteiger partial charge in [0, 0.05) is 17.8 Å². The van der Waals surface area contributed by atoms with E-state index >= 15 is 0 Å². The molecular formula is C28H28F3N3O4S. The number of imidazole rings is 1. The van der Waals surface area contributed by atoms with E-state index in [1.165, 1.54) is 5.56 Å². The molecule has 39 heavy (non-hydrogen) atoms. The molecule has 0 amide bonds. The van der Waals surface area contributed by atoms with E-state index in [1.54, 1.807) is 0 Å². The van der Waals surface area contributed by atoms with Gasteiger partial charge in [-0.05, 0) is 54.8 Å². The summed E-state index contributed by atoms with van der Waals surface area (Å²) in [5, 5.41) is 6.84. The van der Waals surface area contributed by atoms with Crippen molar-refractivity contribution in [2.75, 3.05) is 4.72 Å². The third kappa shape index (κ3) is 7.17. The second-order valence-corrected chi connectivity index (χ2v) is 11.2. The van der Waals surface area contributed by atoms with Crippen LogP contribution in [0.2, 0.25) is 0 Å². The van der Waals surface area contributed by atoms with Crippen LogP contribution in [0.15, 0.2) is 78.9 Å². The number of aromatic nitrogens is 2. The number of anilines is 1. The molecule has 1 saturated carbocycles. The number of halogens is 3. The molecule has 206 valence electrons. The topological polar surface area (TPSA) is 101 Å². The van der Waals surface area contributed by atoms with Crippen molar-refractivity contribution in [3.8, 4) is 11.4 Å². The maximum atomic E-state index is 12.8. The van der Waals surface area contributed by atoms with Crippen molar-refractivity contribution in [1.29, 1.82) is 0 Å². The second-order valence-electron chi connectivity index (χ2n) is 9.28. The molecule has 0 radical (unpaired) electrons. The quantitative estimate of drug-likeness (QED) is 0.282. The van der Waals surface area contributed by atoms with Crippen LogP contribution in [-0.2, 0) is 21.4 Å². The first-order chi connectivity index (χ1) is 18.5. The molecule has 1 aromatic heterocycles. The van der Waals surface area contributed by atoms with Crippen LogP contribution in [0.4, 0.5) is 18.9 Å². The molecule has 1 aliphatic carbocycles. The number of alkyl halides is 3. The molecule has 0 aliphatic heterocycles. The van der Waals surface area contributed by atoms with Gasteiger partial charge in [-0.3, -0.25) is 4.72 Å². The van der Waals surface area contributed by atoms with Crippen molar-refractivity contribution < 1.29 is 31.5 Å². The summed E-state index contributed by atoms with van der Waals surface area (Å²) in [5.74, 6) is -1.88. The predicted octanol–water partition coefficient (Wildman–Crippen LogP) is 6.46. The van der Waals surface area contributed by atoms with E-state index in [0.717, 1.165) is 54.5 Å². The van der Waals surface area contributed by atoms with Crippen LogP contribution in [0, 0.1) is 0 Å². The first kappa shape index (κ1) is 28.2. The highest BCUT2D eigenvalue weighted by molar-refractivity contribution is 7.93. The molecule has 11 heteroatoms. The highest BCUT2D eigenvalue weighted by atomic mass is 32.2. The minimum Gasteiger partial charge on any atom is -0.475 e. The Hall–Kier alpha value is -3.86. The molecular weight excluding hydrogens is 531 g/mol. The lowest BCUT2D eigenvalue weighted by Crippen LogP contribution is -2.29. The van der Waals surface area contributed by atoms with Crippen molar-refractivity contribution in [2.24, 2.45) is 0 Å². The normalized spacial score (nSPS) is 14.4. The van der Waals surface area contributed by atoms with Gasteiger partial charge in [0.2, 0.25) is 10.0 Å². The predicted molar refractivity (Wildman–Crippen MR) is 144 cm³/mol. The van der Waals surface area contributed by atoms with Gasteiger partial charge in [-0.1, -0.05) is 61.7 Å². The molecule has 0 atom stereocenters. The van der Waals surface area contributed by atoms with E-state index in [2.05, 4.69) is 27.5 Å². The molecule has 0 saturated heterocycles. The molecule has 3 aromatic carbocycles. The number of hydrogen-bond donors (Lipinski definition) is 2. The highest BCUT2D eigenvalue weighted by Gasteiger charge is 2.38. The highest BCUT2D eigenvalue weighted by Crippen LogP contribution is 2.29. The zero-order valence-corrected chi connectivity index (χ0v) is 21.8. The third-order valence-electron chi connectivity index (χ3n) is 6.47. The summed E-state index contributed by atoms with van der Waals surface area (Å²) in [7, 11) is -3.35. The Labute approximate surface area is 224 Å². The van der Waals surface area contributed by atoms with E-state index in [9.17, 15) is 21.6 Å². The van der Waals surface area contributed by atoms with Gasteiger partial charge in [0.15, 0.2) is 0 Å². The van der Waals surface area contributed by atoms with Gasteiger partial charge in [-0.15, -0.1) is 0 Å². The number of nitrogens with zero attached hydrogens (tertiary/aromatic N) is 2. The minimum atomic E-state index is -5.08. The number of carboxylic acid groups (broad SMARTS) is 1. The molecule has 7 nitrogen and oxygen atoms in total. The Morgan fingerprint density at radius 3 is 2.13 bits per heavy atom. The zero-order valence-electron chi connectivity index (χ0n) is 20.9. The minimum absolute atomic E-state index is 0.286. The smallest absolute Gasteiger partial charge is 0.475 e. The number of rotatable bonds is 6. The summed E-state index contributed by atoms with van der Waals surface area (Å²) in [4.78, 5) is 13.8. The number of aliphatic carboxylic acids is 1. The molecule has 0 unspecified atom stereocenters. The summed E-state index contributed by atoms with van der Waals surface area (Å²) < 4.78 is 62.3. The van der Waals surface area contributed by atoms with Gasteiger partial charge in [0.05, 0.1) is 16.3 Å². The van der Waals surface area contributed by atoms with Crippen LogP contribution in [-0.4, -0.2) is 40.5 Å². The molecule has 2 N–H and O–H groups in total. The summed E-state index contributed by atoms with van der Waals surface area (Å²) in [6.45, 7) is 0.715. The number of hydrogen-bond acceptors (Lipinski definition) is 4. The van der Waals surface area contributed by atoms with Gasteiger partial charge in [-0.25, -0.2) is 18.2 Å². The average molecular weight is 560 g/mol. The molecule has 4 aromatic rings. The van der Waals surface area contributed by atoms with Crippen LogP contribution >= 0.6 is 0 Å². The second kappa shape index (κ2) is 11.9. The molecule has 1 aliphatic rings. The lowest BCUT2D eigenvalue weighted by atomic mass is 10.0. The van der Waals surface area contributed by atoms with Crippen LogP contribution in [0.1, 0.15) is 37.7 Å². The van der Waals surface area contributed by atoms with E-state index < -0.39 is 22.2 Å². The summed E-state index contributed by atoms with van der Waals surface area (Å²) >= 11 is 0. The van der Waals surface area contributed by atoms with Gasteiger partial charge in [-0.2, -0.15) is 13.2 Å². The van der Waals surface area contributed by atoms with Crippen LogP contribution in [0.5, 0.6) is 0 Å². The van der Waals surface area contributed by atoms with Crippen LogP contribution in [0.3, 0.4) is 0 Å². The summed E-state index contributed by atoms with van der Waals surface area (Å²) in [6.07, 6.45) is -0.483. The molecule has 1 heterocycles. The number of sulfonamides is 1. The number of fused-ring (bicyclic) bond motifs is 1. The number of para-hydroxylation sites is 2. The third-order valence-corrected chi connectivity index (χ3v) is 8.34. The first-order valence-corrected chi connectivity index (χ1v) is 14.0. The van der Waals surface area contributed by atoms with Gasteiger partial charge >= 0.3 is 12.1 Å². The van der Waals surface area contributed by atoms with Gasteiger partial charge in [0.25, 0.3) is 0 Å². The maximum absolute atomic E-state index is 12.8.